The molecule has 160 valence electrons. The van der Waals surface area contributed by atoms with Crippen molar-refractivity contribution in [3.05, 3.63) is 71.4 Å². The van der Waals surface area contributed by atoms with E-state index in [9.17, 15) is 14.4 Å². The molecule has 3 aromatic rings. The summed E-state index contributed by atoms with van der Waals surface area (Å²) in [6.45, 7) is 1.42. The normalized spacial score (nSPS) is 14.5. The fourth-order valence-corrected chi connectivity index (χ4v) is 4.16. The van der Waals surface area contributed by atoms with Crippen LogP contribution in [-0.2, 0) is 16.1 Å². The van der Waals surface area contributed by atoms with Crippen LogP contribution in [-0.4, -0.2) is 47.7 Å². The minimum absolute atomic E-state index is 0.0579. The van der Waals surface area contributed by atoms with Crippen molar-refractivity contribution in [2.45, 2.75) is 19.3 Å². The number of fused-ring (bicyclic) bond motifs is 1. The molecule has 1 aliphatic rings. The lowest BCUT2D eigenvalue weighted by molar-refractivity contribution is -0.144. The fraction of sp³-hybridized carbons (Fsp3) is 0.292. The molecule has 4 rings (SSSR count). The number of nitrogens with zero attached hydrogens (tertiary/aromatic N) is 1. The zero-order valence-electron chi connectivity index (χ0n) is 17.4. The number of carbonyl (C=O) groups is 3. The molecule has 7 heteroatoms. The molecule has 31 heavy (non-hydrogen) atoms. The number of piperidine rings is 1. The summed E-state index contributed by atoms with van der Waals surface area (Å²) < 4.78 is 0. The highest BCUT2D eigenvalue weighted by Crippen LogP contribution is 2.25. The minimum Gasteiger partial charge on any atom is -0.365 e. The zero-order valence-corrected chi connectivity index (χ0v) is 17.4. The number of Topliss-reactive ketones (excluding diaryl/α,β-unsaturated/α-hetero) is 1. The summed E-state index contributed by atoms with van der Waals surface area (Å²) in [5.74, 6) is -1.26. The average Bonchev–Trinajstić information content (AvgIpc) is 3.22. The SMILES string of the molecule is CNOC(=O)C(=O)c1c[nH]c2ccc(C(=O)N3CCC(Cc4ccccc4)CC3)cc12. The Balaban J connectivity index is 1.45. The molecule has 1 aromatic heterocycles. The fourth-order valence-electron chi connectivity index (χ4n) is 4.16. The van der Waals surface area contributed by atoms with Gasteiger partial charge in [0.1, 0.15) is 0 Å². The molecule has 2 heterocycles. The van der Waals surface area contributed by atoms with Crippen LogP contribution in [0.15, 0.2) is 54.7 Å². The molecular weight excluding hydrogens is 394 g/mol. The van der Waals surface area contributed by atoms with Crippen molar-refractivity contribution in [2.75, 3.05) is 20.1 Å². The Hall–Kier alpha value is -3.45. The van der Waals surface area contributed by atoms with Gasteiger partial charge in [-0.05, 0) is 48.9 Å². The van der Waals surface area contributed by atoms with Crippen LogP contribution in [0, 0.1) is 5.92 Å². The van der Waals surface area contributed by atoms with Crippen LogP contribution in [0.2, 0.25) is 0 Å². The number of rotatable bonds is 6. The first-order valence-electron chi connectivity index (χ1n) is 10.4. The van der Waals surface area contributed by atoms with E-state index in [0.717, 1.165) is 19.3 Å². The maximum Gasteiger partial charge on any atom is 0.398 e. The van der Waals surface area contributed by atoms with Gasteiger partial charge in [-0.2, -0.15) is 5.48 Å². The molecule has 2 aromatic carbocycles. The smallest absolute Gasteiger partial charge is 0.365 e. The predicted molar refractivity (Wildman–Crippen MR) is 117 cm³/mol. The molecular formula is C24H25N3O4. The number of likely N-dealkylation sites (tertiary alicyclic amines) is 1. The van der Waals surface area contributed by atoms with E-state index >= 15 is 0 Å². The van der Waals surface area contributed by atoms with Gasteiger partial charge in [0, 0.05) is 42.8 Å². The van der Waals surface area contributed by atoms with Gasteiger partial charge >= 0.3 is 5.97 Å². The van der Waals surface area contributed by atoms with Gasteiger partial charge in [-0.25, -0.2) is 4.79 Å². The van der Waals surface area contributed by atoms with Crippen LogP contribution in [0.5, 0.6) is 0 Å². The molecule has 0 atom stereocenters. The van der Waals surface area contributed by atoms with Crippen molar-refractivity contribution in [3.8, 4) is 0 Å². The van der Waals surface area contributed by atoms with Crippen molar-refractivity contribution in [1.29, 1.82) is 0 Å². The Bertz CT molecular complexity index is 1100. The number of benzene rings is 2. The van der Waals surface area contributed by atoms with Gasteiger partial charge in [0.25, 0.3) is 11.7 Å². The summed E-state index contributed by atoms with van der Waals surface area (Å²) in [6.07, 6.45) is 4.43. The van der Waals surface area contributed by atoms with E-state index in [4.69, 9.17) is 0 Å². The van der Waals surface area contributed by atoms with Crippen molar-refractivity contribution >= 4 is 28.6 Å². The standard InChI is InChI=1S/C24H25N3O4/c1-25-31-24(30)22(28)20-15-26-21-8-7-18(14-19(20)21)23(29)27-11-9-17(10-12-27)13-16-5-3-2-4-6-16/h2-8,14-15,17,25-26H,9-13H2,1H3. The second kappa shape index (κ2) is 9.14. The monoisotopic (exact) mass is 419 g/mol. The number of aromatic nitrogens is 1. The molecule has 2 N–H and O–H groups in total. The van der Waals surface area contributed by atoms with Crippen LogP contribution >= 0.6 is 0 Å². The third-order valence-corrected chi connectivity index (χ3v) is 5.82. The first-order valence-corrected chi connectivity index (χ1v) is 10.4. The Morgan fingerprint density at radius 3 is 2.55 bits per heavy atom. The topological polar surface area (TPSA) is 91.5 Å². The molecule has 0 spiro atoms. The van der Waals surface area contributed by atoms with Crippen LogP contribution in [0.1, 0.15) is 39.1 Å². The molecule has 1 amide bonds. The quantitative estimate of drug-likeness (QED) is 0.364. The maximum atomic E-state index is 13.1. The van der Waals surface area contributed by atoms with E-state index in [1.165, 1.54) is 18.8 Å². The lowest BCUT2D eigenvalue weighted by Gasteiger charge is -2.32. The molecule has 0 unspecified atom stereocenters. The molecule has 0 bridgehead atoms. The van der Waals surface area contributed by atoms with Gasteiger partial charge in [-0.15, -0.1) is 0 Å². The highest BCUT2D eigenvalue weighted by molar-refractivity contribution is 6.43. The summed E-state index contributed by atoms with van der Waals surface area (Å²) in [6, 6.07) is 15.6. The van der Waals surface area contributed by atoms with E-state index in [1.54, 1.807) is 18.2 Å². The number of aromatic amines is 1. The second-order valence-corrected chi connectivity index (χ2v) is 7.81. The zero-order chi connectivity index (χ0) is 21.8. The summed E-state index contributed by atoms with van der Waals surface area (Å²) in [5.41, 5.74) is 4.91. The number of H-pyrrole nitrogens is 1. The number of hydroxylamine groups is 1. The lowest BCUT2D eigenvalue weighted by Crippen LogP contribution is -2.38. The van der Waals surface area contributed by atoms with E-state index in [0.29, 0.717) is 35.5 Å². The lowest BCUT2D eigenvalue weighted by atomic mass is 9.90. The molecule has 1 fully saturated rings. The van der Waals surface area contributed by atoms with Crippen LogP contribution in [0.25, 0.3) is 10.9 Å². The molecule has 7 nitrogen and oxygen atoms in total. The van der Waals surface area contributed by atoms with E-state index in [-0.39, 0.29) is 11.5 Å². The third kappa shape index (κ3) is 4.51. The predicted octanol–water partition coefficient (Wildman–Crippen LogP) is 3.12. The van der Waals surface area contributed by atoms with Gasteiger partial charge in [0.2, 0.25) is 0 Å². The summed E-state index contributed by atoms with van der Waals surface area (Å²) >= 11 is 0. The van der Waals surface area contributed by atoms with Crippen LogP contribution in [0.4, 0.5) is 0 Å². The van der Waals surface area contributed by atoms with Gasteiger partial charge < -0.3 is 14.7 Å². The highest BCUT2D eigenvalue weighted by atomic mass is 16.7. The number of amides is 1. The highest BCUT2D eigenvalue weighted by Gasteiger charge is 2.26. The molecule has 1 saturated heterocycles. The molecule has 1 aliphatic heterocycles. The number of nitrogens with one attached hydrogen (secondary N) is 2. The van der Waals surface area contributed by atoms with E-state index in [2.05, 4.69) is 39.6 Å². The van der Waals surface area contributed by atoms with Gasteiger partial charge in [0.05, 0.1) is 5.56 Å². The number of hydrogen-bond donors (Lipinski definition) is 2. The minimum atomic E-state index is -0.999. The largest absolute Gasteiger partial charge is 0.398 e. The summed E-state index contributed by atoms with van der Waals surface area (Å²) in [5, 5.41) is 0.530. The summed E-state index contributed by atoms with van der Waals surface area (Å²) in [4.78, 5) is 46.6. The Labute approximate surface area is 180 Å². The third-order valence-electron chi connectivity index (χ3n) is 5.82. The van der Waals surface area contributed by atoms with Gasteiger partial charge in [0.15, 0.2) is 0 Å². The van der Waals surface area contributed by atoms with Crippen LogP contribution < -0.4 is 5.48 Å². The van der Waals surface area contributed by atoms with Crippen molar-refractivity contribution < 1.29 is 19.2 Å². The summed E-state index contributed by atoms with van der Waals surface area (Å²) in [7, 11) is 1.40. The number of hydrogen-bond acceptors (Lipinski definition) is 5. The molecule has 0 radical (unpaired) electrons. The van der Waals surface area contributed by atoms with E-state index in [1.807, 2.05) is 11.0 Å². The first-order chi connectivity index (χ1) is 15.1. The average molecular weight is 419 g/mol. The van der Waals surface area contributed by atoms with Crippen LogP contribution in [0.3, 0.4) is 0 Å². The van der Waals surface area contributed by atoms with Gasteiger partial charge in [-0.3, -0.25) is 9.59 Å². The molecule has 0 saturated carbocycles. The Morgan fingerprint density at radius 1 is 1.10 bits per heavy atom. The Morgan fingerprint density at radius 2 is 1.84 bits per heavy atom. The number of carbonyl (C=O) groups excluding carboxylic acids is 3. The first kappa shape index (κ1) is 20.8. The van der Waals surface area contributed by atoms with Crippen molar-refractivity contribution in [3.63, 3.8) is 0 Å². The van der Waals surface area contributed by atoms with Crippen molar-refractivity contribution in [1.82, 2.24) is 15.4 Å². The van der Waals surface area contributed by atoms with Crippen molar-refractivity contribution in [2.24, 2.45) is 5.92 Å². The maximum absolute atomic E-state index is 13.1. The Kier molecular flexibility index (Phi) is 6.13. The molecule has 0 aliphatic carbocycles. The second-order valence-electron chi connectivity index (χ2n) is 7.81. The number of ketones is 1. The van der Waals surface area contributed by atoms with E-state index < -0.39 is 11.8 Å². The van der Waals surface area contributed by atoms with Gasteiger partial charge in [-0.1, -0.05) is 30.3 Å².